The summed E-state index contributed by atoms with van der Waals surface area (Å²) in [6, 6.07) is 7.36. The highest BCUT2D eigenvalue weighted by atomic mass is 16.7. The Morgan fingerprint density at radius 2 is 1.73 bits per heavy atom. The summed E-state index contributed by atoms with van der Waals surface area (Å²) in [5.41, 5.74) is 1.76. The summed E-state index contributed by atoms with van der Waals surface area (Å²) in [7, 11) is 1.58. The average Bonchev–Trinajstić information content (AvgIpc) is 3.12. The van der Waals surface area contributed by atoms with Crippen molar-refractivity contribution < 1.29 is 33.2 Å². The van der Waals surface area contributed by atoms with Crippen LogP contribution in [-0.4, -0.2) is 33.1 Å². The number of esters is 1. The van der Waals surface area contributed by atoms with Gasteiger partial charge in [0.15, 0.2) is 23.0 Å². The molecule has 3 aliphatic rings. The Bertz CT molecular complexity index is 888. The number of benzene rings is 2. The van der Waals surface area contributed by atoms with Crippen LogP contribution in [-0.2, 0) is 4.79 Å². The normalized spacial score (nSPS) is 19.6. The number of ether oxygens (including phenoxy) is 6. The maximum Gasteiger partial charge on any atom is 0.312 e. The van der Waals surface area contributed by atoms with Crippen molar-refractivity contribution >= 4 is 5.97 Å². The molecule has 0 spiro atoms. The lowest BCUT2D eigenvalue weighted by Crippen LogP contribution is -2.22. The molecule has 2 aromatic carbocycles. The van der Waals surface area contributed by atoms with Gasteiger partial charge in [-0.15, -0.1) is 0 Å². The number of carbonyl (C=O) groups excluding carboxylic acids is 1. The van der Waals surface area contributed by atoms with Crippen LogP contribution < -0.4 is 28.4 Å². The van der Waals surface area contributed by atoms with Gasteiger partial charge in [-0.3, -0.25) is 4.79 Å². The maximum atomic E-state index is 12.2. The van der Waals surface area contributed by atoms with Crippen molar-refractivity contribution in [2.24, 2.45) is 0 Å². The van der Waals surface area contributed by atoms with E-state index in [1.54, 1.807) is 13.2 Å². The zero-order valence-corrected chi connectivity index (χ0v) is 14.1. The molecule has 0 radical (unpaired) electrons. The van der Waals surface area contributed by atoms with E-state index >= 15 is 0 Å². The molecule has 1 atom stereocenters. The predicted octanol–water partition coefficient (Wildman–Crippen LogP) is 2.64. The van der Waals surface area contributed by atoms with Crippen LogP contribution in [0.2, 0.25) is 0 Å². The number of methoxy groups -OCH3 is 1. The van der Waals surface area contributed by atoms with Crippen LogP contribution in [0, 0.1) is 0 Å². The first-order valence-corrected chi connectivity index (χ1v) is 8.34. The Hall–Kier alpha value is -3.09. The molecule has 7 heteroatoms. The second-order valence-electron chi connectivity index (χ2n) is 6.22. The molecular weight excluding hydrogens is 340 g/mol. The average molecular weight is 356 g/mol. The molecule has 0 fully saturated rings. The lowest BCUT2D eigenvalue weighted by atomic mass is 9.85. The molecule has 134 valence electrons. The van der Waals surface area contributed by atoms with E-state index < -0.39 is 0 Å². The van der Waals surface area contributed by atoms with E-state index in [1.165, 1.54) is 0 Å². The fourth-order valence-corrected chi connectivity index (χ4v) is 3.53. The summed E-state index contributed by atoms with van der Waals surface area (Å²) in [5, 5.41) is 0. The van der Waals surface area contributed by atoms with E-state index in [1.807, 2.05) is 18.2 Å². The van der Waals surface area contributed by atoms with Gasteiger partial charge in [0.2, 0.25) is 12.5 Å². The van der Waals surface area contributed by atoms with Crippen LogP contribution in [0.25, 0.3) is 0 Å². The van der Waals surface area contributed by atoms with Crippen molar-refractivity contribution in [1.29, 1.82) is 0 Å². The molecule has 3 aliphatic heterocycles. The molecule has 0 amide bonds. The third-order valence-electron chi connectivity index (χ3n) is 4.73. The van der Waals surface area contributed by atoms with E-state index in [0.717, 1.165) is 11.1 Å². The van der Waals surface area contributed by atoms with Gasteiger partial charge in [-0.25, -0.2) is 0 Å². The molecule has 0 bridgehead atoms. The Kier molecular flexibility index (Phi) is 3.34. The molecule has 0 N–H and O–H groups in total. The van der Waals surface area contributed by atoms with Crippen LogP contribution in [0.1, 0.15) is 23.5 Å². The molecule has 7 nitrogen and oxygen atoms in total. The van der Waals surface area contributed by atoms with Crippen molar-refractivity contribution in [3.8, 4) is 34.5 Å². The number of fused-ring (bicyclic) bond motifs is 3. The number of rotatable bonds is 2. The molecule has 5 rings (SSSR count). The minimum atomic E-state index is -0.296. The third kappa shape index (κ3) is 2.31. The molecule has 0 aromatic heterocycles. The summed E-state index contributed by atoms with van der Waals surface area (Å²) >= 11 is 0. The Labute approximate surface area is 149 Å². The smallest absolute Gasteiger partial charge is 0.312 e. The van der Waals surface area contributed by atoms with Gasteiger partial charge in [-0.1, -0.05) is 0 Å². The molecule has 0 saturated heterocycles. The number of hydrogen-bond donors (Lipinski definition) is 0. The van der Waals surface area contributed by atoms with Gasteiger partial charge in [0.25, 0.3) is 0 Å². The lowest BCUT2D eigenvalue weighted by molar-refractivity contribution is -0.135. The van der Waals surface area contributed by atoms with E-state index in [0.29, 0.717) is 47.7 Å². The standard InChI is InChI=1S/C19H16O7/c1-21-16-4-10(5-17-19(16)23-3-2-22-17)11-7-18(20)26-13-8-15-14(6-12(11)13)24-9-25-15/h4-6,8,11H,2-3,7,9H2,1H3. The number of hydrogen-bond acceptors (Lipinski definition) is 7. The van der Waals surface area contributed by atoms with Gasteiger partial charge >= 0.3 is 5.97 Å². The first-order chi connectivity index (χ1) is 12.7. The molecule has 2 aromatic rings. The summed E-state index contributed by atoms with van der Waals surface area (Å²) in [6.45, 7) is 1.11. The van der Waals surface area contributed by atoms with Crippen LogP contribution in [0.15, 0.2) is 24.3 Å². The minimum Gasteiger partial charge on any atom is -0.493 e. The van der Waals surface area contributed by atoms with E-state index in [2.05, 4.69) is 0 Å². The van der Waals surface area contributed by atoms with Crippen molar-refractivity contribution in [2.75, 3.05) is 27.1 Å². The van der Waals surface area contributed by atoms with Gasteiger partial charge in [0.05, 0.1) is 13.5 Å². The van der Waals surface area contributed by atoms with Gasteiger partial charge in [-0.05, 0) is 23.8 Å². The summed E-state index contributed by atoms with van der Waals surface area (Å²) < 4.78 is 33.1. The van der Waals surface area contributed by atoms with Crippen molar-refractivity contribution in [1.82, 2.24) is 0 Å². The van der Waals surface area contributed by atoms with Crippen molar-refractivity contribution in [3.63, 3.8) is 0 Å². The van der Waals surface area contributed by atoms with E-state index in [4.69, 9.17) is 28.4 Å². The molecule has 0 saturated carbocycles. The molecule has 1 unspecified atom stereocenters. The highest BCUT2D eigenvalue weighted by molar-refractivity contribution is 5.79. The van der Waals surface area contributed by atoms with Crippen LogP contribution in [0.3, 0.4) is 0 Å². The molecule has 0 aliphatic carbocycles. The Morgan fingerprint density at radius 3 is 2.58 bits per heavy atom. The first-order valence-electron chi connectivity index (χ1n) is 8.34. The van der Waals surface area contributed by atoms with E-state index in [-0.39, 0.29) is 25.1 Å². The van der Waals surface area contributed by atoms with Crippen LogP contribution in [0.5, 0.6) is 34.5 Å². The quantitative estimate of drug-likeness (QED) is 0.605. The Morgan fingerprint density at radius 1 is 0.923 bits per heavy atom. The largest absolute Gasteiger partial charge is 0.493 e. The monoisotopic (exact) mass is 356 g/mol. The molecular formula is C19H16O7. The minimum absolute atomic E-state index is 0.161. The summed E-state index contributed by atoms with van der Waals surface area (Å²) in [6.07, 6.45) is 0.218. The van der Waals surface area contributed by atoms with Gasteiger partial charge in [0.1, 0.15) is 19.0 Å². The fraction of sp³-hybridized carbons (Fsp3) is 0.316. The maximum absolute atomic E-state index is 12.2. The molecule has 26 heavy (non-hydrogen) atoms. The summed E-state index contributed by atoms with van der Waals surface area (Å²) in [4.78, 5) is 12.2. The van der Waals surface area contributed by atoms with Gasteiger partial charge < -0.3 is 28.4 Å². The lowest BCUT2D eigenvalue weighted by Gasteiger charge is -2.27. The topological polar surface area (TPSA) is 72.5 Å². The van der Waals surface area contributed by atoms with Crippen molar-refractivity contribution in [2.45, 2.75) is 12.3 Å². The predicted molar refractivity (Wildman–Crippen MR) is 88.6 cm³/mol. The highest BCUT2D eigenvalue weighted by Gasteiger charge is 2.33. The first kappa shape index (κ1) is 15.2. The van der Waals surface area contributed by atoms with Crippen LogP contribution in [0.4, 0.5) is 0 Å². The second-order valence-corrected chi connectivity index (χ2v) is 6.22. The van der Waals surface area contributed by atoms with Crippen LogP contribution >= 0.6 is 0 Å². The highest BCUT2D eigenvalue weighted by Crippen LogP contribution is 2.49. The third-order valence-corrected chi connectivity index (χ3v) is 4.73. The van der Waals surface area contributed by atoms with Crippen molar-refractivity contribution in [3.05, 3.63) is 35.4 Å². The van der Waals surface area contributed by atoms with Gasteiger partial charge in [-0.2, -0.15) is 0 Å². The fourth-order valence-electron chi connectivity index (χ4n) is 3.53. The second kappa shape index (κ2) is 5.72. The zero-order valence-electron chi connectivity index (χ0n) is 14.1. The van der Waals surface area contributed by atoms with Gasteiger partial charge in [0, 0.05) is 17.5 Å². The SMILES string of the molecule is COc1cc(C2CC(=O)Oc3cc4c(cc32)OCO4)cc2c1OCCO2. The zero-order chi connectivity index (χ0) is 17.7. The molecule has 3 heterocycles. The number of carbonyl (C=O) groups is 1. The van der Waals surface area contributed by atoms with E-state index in [9.17, 15) is 4.79 Å². The summed E-state index contributed by atoms with van der Waals surface area (Å²) in [5.74, 6) is 3.01. The Balaban J connectivity index is 1.64.